The fourth-order valence-electron chi connectivity index (χ4n) is 1.83. The predicted octanol–water partition coefficient (Wildman–Crippen LogP) is -1.83. The molecule has 0 aliphatic carbocycles. The molecule has 3 N–H and O–H groups in total. The Bertz CT molecular complexity index is 237. The molecule has 1 rings (SSSR count). The van der Waals surface area contributed by atoms with Crippen LogP contribution in [0.4, 0.5) is 0 Å². The number of ether oxygens (including phenoxy) is 1. The van der Waals surface area contributed by atoms with E-state index in [4.69, 9.17) is 14.9 Å². The summed E-state index contributed by atoms with van der Waals surface area (Å²) in [7, 11) is 3.50. The average molecular weight is 232 g/mol. The van der Waals surface area contributed by atoms with E-state index in [-0.39, 0.29) is 31.2 Å². The number of carbonyl (C=O) groups excluding carboxylic acids is 1. The highest BCUT2D eigenvalue weighted by atomic mass is 16.5. The molecule has 0 bridgehead atoms. The number of nitrogens with zero attached hydrogens (tertiary/aromatic N) is 1. The monoisotopic (exact) mass is 232 g/mol. The molecule has 0 aromatic heterocycles. The summed E-state index contributed by atoms with van der Waals surface area (Å²) in [6.45, 7) is 0.468. The lowest BCUT2D eigenvalue weighted by molar-refractivity contribution is -0.125. The molecule has 1 amide bonds. The molecular formula is C10H20N2O4. The van der Waals surface area contributed by atoms with E-state index in [9.17, 15) is 4.79 Å². The highest BCUT2D eigenvalue weighted by Crippen LogP contribution is 2.17. The molecule has 1 aliphatic heterocycles. The van der Waals surface area contributed by atoms with Crippen LogP contribution in [0.3, 0.4) is 0 Å². The van der Waals surface area contributed by atoms with E-state index in [2.05, 4.69) is 5.32 Å². The van der Waals surface area contributed by atoms with Crippen LogP contribution in [0, 0.1) is 0 Å². The third kappa shape index (κ3) is 3.41. The predicted molar refractivity (Wildman–Crippen MR) is 57.9 cm³/mol. The van der Waals surface area contributed by atoms with E-state index in [1.54, 1.807) is 7.11 Å². The normalized spacial score (nSPS) is 28.0. The molecule has 1 fully saturated rings. The van der Waals surface area contributed by atoms with Crippen LogP contribution in [0.1, 0.15) is 6.42 Å². The van der Waals surface area contributed by atoms with Crippen molar-refractivity contribution < 1.29 is 19.7 Å². The van der Waals surface area contributed by atoms with Crippen LogP contribution in [-0.4, -0.2) is 73.1 Å². The van der Waals surface area contributed by atoms with Crippen LogP contribution in [0.15, 0.2) is 0 Å². The minimum absolute atomic E-state index is 0.0807. The van der Waals surface area contributed by atoms with Gasteiger partial charge in [0.1, 0.15) is 0 Å². The molecule has 0 radical (unpaired) electrons. The van der Waals surface area contributed by atoms with Gasteiger partial charge in [0, 0.05) is 20.2 Å². The van der Waals surface area contributed by atoms with Crippen molar-refractivity contribution in [2.24, 2.45) is 0 Å². The Labute approximate surface area is 95.2 Å². The minimum Gasteiger partial charge on any atom is -0.394 e. The number of aliphatic hydroxyl groups excluding tert-OH is 2. The molecule has 94 valence electrons. The molecule has 2 unspecified atom stereocenters. The first-order chi connectivity index (χ1) is 7.58. The Morgan fingerprint density at radius 1 is 1.69 bits per heavy atom. The number of amides is 1. The maximum atomic E-state index is 11.7. The van der Waals surface area contributed by atoms with Crippen LogP contribution < -0.4 is 5.32 Å². The lowest BCUT2D eigenvalue weighted by atomic mass is 10.2. The van der Waals surface area contributed by atoms with Crippen molar-refractivity contribution in [3.63, 3.8) is 0 Å². The Morgan fingerprint density at radius 3 is 2.88 bits per heavy atom. The van der Waals surface area contributed by atoms with Crippen LogP contribution in [0.5, 0.6) is 0 Å². The van der Waals surface area contributed by atoms with Gasteiger partial charge in [-0.3, -0.25) is 9.69 Å². The minimum atomic E-state index is -0.895. The van der Waals surface area contributed by atoms with Gasteiger partial charge in [0.15, 0.2) is 0 Å². The first kappa shape index (κ1) is 13.4. The third-order valence-electron chi connectivity index (χ3n) is 2.87. The quantitative estimate of drug-likeness (QED) is 0.520. The molecule has 3 atom stereocenters. The standard InChI is InChI=1S/C10H20N2O4/c1-12-5-8(16-2)3-9(12)10(15)11-4-7(14)6-13/h7-9,13-14H,3-6H2,1-2H3,(H,11,15)/t7?,8?,9-/m0/s1. The average Bonchev–Trinajstić information content (AvgIpc) is 2.67. The Kier molecular flexibility index (Phi) is 5.14. The maximum Gasteiger partial charge on any atom is 0.237 e. The van der Waals surface area contributed by atoms with E-state index in [1.807, 2.05) is 11.9 Å². The van der Waals surface area contributed by atoms with Crippen molar-refractivity contribution in [2.75, 3.05) is 33.9 Å². The van der Waals surface area contributed by atoms with Crippen molar-refractivity contribution in [1.29, 1.82) is 0 Å². The smallest absolute Gasteiger partial charge is 0.237 e. The molecule has 0 spiro atoms. The van der Waals surface area contributed by atoms with Gasteiger partial charge in [0.25, 0.3) is 0 Å². The van der Waals surface area contributed by atoms with Crippen molar-refractivity contribution >= 4 is 5.91 Å². The van der Waals surface area contributed by atoms with Gasteiger partial charge < -0.3 is 20.3 Å². The number of nitrogens with one attached hydrogen (secondary N) is 1. The van der Waals surface area contributed by atoms with E-state index < -0.39 is 6.10 Å². The molecule has 6 nitrogen and oxygen atoms in total. The molecule has 0 aromatic carbocycles. The van der Waals surface area contributed by atoms with Gasteiger partial charge in [-0.05, 0) is 13.5 Å². The van der Waals surface area contributed by atoms with Crippen molar-refractivity contribution in [1.82, 2.24) is 10.2 Å². The Balaban J connectivity index is 2.36. The number of aliphatic hydroxyl groups is 2. The molecule has 1 heterocycles. The van der Waals surface area contributed by atoms with E-state index >= 15 is 0 Å². The number of hydrogen-bond acceptors (Lipinski definition) is 5. The SMILES string of the molecule is COC1C[C@@H](C(=O)NCC(O)CO)N(C)C1. The summed E-state index contributed by atoms with van der Waals surface area (Å²) in [6, 6.07) is -0.212. The molecule has 1 saturated heterocycles. The number of methoxy groups -OCH3 is 1. The summed E-state index contributed by atoms with van der Waals surface area (Å²) < 4.78 is 5.20. The number of hydrogen-bond donors (Lipinski definition) is 3. The van der Waals surface area contributed by atoms with Gasteiger partial charge in [0.2, 0.25) is 5.91 Å². The fraction of sp³-hybridized carbons (Fsp3) is 0.900. The van der Waals surface area contributed by atoms with Crippen LogP contribution >= 0.6 is 0 Å². The second kappa shape index (κ2) is 6.15. The first-order valence-corrected chi connectivity index (χ1v) is 5.38. The molecule has 6 heteroatoms. The van der Waals surface area contributed by atoms with E-state index in [0.29, 0.717) is 6.42 Å². The number of rotatable bonds is 5. The van der Waals surface area contributed by atoms with Gasteiger partial charge in [-0.1, -0.05) is 0 Å². The summed E-state index contributed by atoms with van der Waals surface area (Å²) >= 11 is 0. The topological polar surface area (TPSA) is 82.0 Å². The fourth-order valence-corrected chi connectivity index (χ4v) is 1.83. The zero-order valence-electron chi connectivity index (χ0n) is 9.72. The highest BCUT2D eigenvalue weighted by molar-refractivity contribution is 5.82. The number of carbonyl (C=O) groups is 1. The second-order valence-electron chi connectivity index (χ2n) is 4.13. The zero-order chi connectivity index (χ0) is 12.1. The van der Waals surface area contributed by atoms with Crippen LogP contribution in [0.25, 0.3) is 0 Å². The molecule has 1 aliphatic rings. The van der Waals surface area contributed by atoms with Crippen molar-refractivity contribution in [2.45, 2.75) is 24.7 Å². The van der Waals surface area contributed by atoms with Gasteiger partial charge >= 0.3 is 0 Å². The van der Waals surface area contributed by atoms with Gasteiger partial charge in [-0.2, -0.15) is 0 Å². The number of likely N-dealkylation sites (N-methyl/N-ethyl adjacent to an activating group) is 1. The third-order valence-corrected chi connectivity index (χ3v) is 2.87. The lowest BCUT2D eigenvalue weighted by Gasteiger charge is -2.19. The second-order valence-corrected chi connectivity index (χ2v) is 4.13. The molecule has 0 aromatic rings. The van der Waals surface area contributed by atoms with Gasteiger partial charge in [-0.25, -0.2) is 0 Å². The Morgan fingerprint density at radius 2 is 2.38 bits per heavy atom. The van der Waals surface area contributed by atoms with Crippen LogP contribution in [0.2, 0.25) is 0 Å². The number of likely N-dealkylation sites (tertiary alicyclic amines) is 1. The largest absolute Gasteiger partial charge is 0.394 e. The van der Waals surface area contributed by atoms with Crippen molar-refractivity contribution in [3.05, 3.63) is 0 Å². The van der Waals surface area contributed by atoms with E-state index in [0.717, 1.165) is 6.54 Å². The summed E-state index contributed by atoms with van der Waals surface area (Å²) in [4.78, 5) is 13.7. The van der Waals surface area contributed by atoms with Gasteiger partial charge in [-0.15, -0.1) is 0 Å². The lowest BCUT2D eigenvalue weighted by Crippen LogP contribution is -2.44. The zero-order valence-corrected chi connectivity index (χ0v) is 9.72. The van der Waals surface area contributed by atoms with E-state index in [1.165, 1.54) is 0 Å². The Hall–Kier alpha value is -0.690. The van der Waals surface area contributed by atoms with Gasteiger partial charge in [0.05, 0.1) is 24.9 Å². The summed E-state index contributed by atoms with van der Waals surface area (Å²) in [5, 5.41) is 20.3. The summed E-state index contributed by atoms with van der Waals surface area (Å²) in [5.41, 5.74) is 0. The highest BCUT2D eigenvalue weighted by Gasteiger charge is 2.34. The molecule has 0 saturated carbocycles. The molecular weight excluding hydrogens is 212 g/mol. The first-order valence-electron chi connectivity index (χ1n) is 5.38. The summed E-state index contributed by atoms with van der Waals surface area (Å²) in [6.07, 6.45) is -0.147. The summed E-state index contributed by atoms with van der Waals surface area (Å²) in [5.74, 6) is -0.130. The maximum absolute atomic E-state index is 11.7. The molecule has 16 heavy (non-hydrogen) atoms. The van der Waals surface area contributed by atoms with Crippen LogP contribution in [-0.2, 0) is 9.53 Å². The van der Waals surface area contributed by atoms with Crippen molar-refractivity contribution in [3.8, 4) is 0 Å².